The molecule has 3 nitrogen and oxygen atoms in total. The lowest BCUT2D eigenvalue weighted by Gasteiger charge is -2.25. The number of halogens is 3. The highest BCUT2D eigenvalue weighted by Gasteiger charge is 2.30. The van der Waals surface area contributed by atoms with Gasteiger partial charge in [0.25, 0.3) is 0 Å². The molecule has 1 aromatic carbocycles. The maximum Gasteiger partial charge on any atom is 0.139 e. The number of phenolic OH excluding ortho intramolecular Hbond substituents is 1. The van der Waals surface area contributed by atoms with Crippen LogP contribution in [0.5, 0.6) is 5.75 Å². The Morgan fingerprint density at radius 2 is 1.79 bits per heavy atom. The van der Waals surface area contributed by atoms with Crippen LogP contribution in [0.25, 0.3) is 0 Å². The molecule has 0 heterocycles. The molecule has 0 amide bonds. The Morgan fingerprint density at radius 3 is 2.37 bits per heavy atom. The average molecular weight is 327 g/mol. The molecule has 4 N–H and O–H groups in total. The number of hydrogen-bond donors (Lipinski definition) is 3. The fourth-order valence-corrected chi connectivity index (χ4v) is 3.13. The smallest absolute Gasteiger partial charge is 0.139 e. The van der Waals surface area contributed by atoms with Crippen molar-refractivity contribution >= 4 is 35.6 Å². The standard InChI is InChI=1S/C13H17Cl2NO2.ClH/c14-8-5-9(13(18)10(15)6-8)11(16)12(17)7-3-1-2-4-7;/h5-7,11-12,17-18H,1-4,16H2;1H/t11-,12+;/m0./s1. The third kappa shape index (κ3) is 3.67. The second-order valence-corrected chi connectivity index (χ2v) is 5.73. The van der Waals surface area contributed by atoms with Gasteiger partial charge in [0, 0.05) is 10.6 Å². The summed E-state index contributed by atoms with van der Waals surface area (Å²) in [5, 5.41) is 20.7. The molecule has 2 atom stereocenters. The second-order valence-electron chi connectivity index (χ2n) is 4.89. The summed E-state index contributed by atoms with van der Waals surface area (Å²) in [5.41, 5.74) is 6.44. The lowest BCUT2D eigenvalue weighted by Crippen LogP contribution is -2.32. The molecule has 1 aliphatic carbocycles. The van der Waals surface area contributed by atoms with Crippen LogP contribution in [0.3, 0.4) is 0 Å². The number of aliphatic hydroxyl groups excluding tert-OH is 1. The molecule has 108 valence electrons. The third-order valence-corrected chi connectivity index (χ3v) is 4.17. The van der Waals surface area contributed by atoms with Gasteiger partial charge in [-0.25, -0.2) is 0 Å². The van der Waals surface area contributed by atoms with E-state index in [0.717, 1.165) is 25.7 Å². The fourth-order valence-electron chi connectivity index (χ4n) is 2.62. The monoisotopic (exact) mass is 325 g/mol. The zero-order valence-electron chi connectivity index (χ0n) is 10.4. The number of aromatic hydroxyl groups is 1. The van der Waals surface area contributed by atoms with E-state index >= 15 is 0 Å². The largest absolute Gasteiger partial charge is 0.506 e. The fraction of sp³-hybridized carbons (Fsp3) is 0.538. The topological polar surface area (TPSA) is 66.5 Å². The molecule has 0 aliphatic heterocycles. The molecular weight excluding hydrogens is 309 g/mol. The zero-order valence-corrected chi connectivity index (χ0v) is 12.7. The van der Waals surface area contributed by atoms with Crippen LogP contribution < -0.4 is 5.73 Å². The highest BCUT2D eigenvalue weighted by molar-refractivity contribution is 6.35. The Labute approximate surface area is 129 Å². The number of rotatable bonds is 3. The van der Waals surface area contributed by atoms with E-state index in [1.165, 1.54) is 6.07 Å². The van der Waals surface area contributed by atoms with E-state index in [2.05, 4.69) is 0 Å². The predicted octanol–water partition coefficient (Wildman–Crippen LogP) is 3.67. The van der Waals surface area contributed by atoms with Gasteiger partial charge in [-0.3, -0.25) is 0 Å². The molecule has 2 rings (SSSR count). The van der Waals surface area contributed by atoms with Crippen LogP contribution in [0.15, 0.2) is 12.1 Å². The summed E-state index contributed by atoms with van der Waals surface area (Å²) in [5.74, 6) is 0.0998. The molecule has 6 heteroatoms. The maximum atomic E-state index is 10.3. The van der Waals surface area contributed by atoms with Gasteiger partial charge in [-0.2, -0.15) is 0 Å². The number of benzene rings is 1. The summed E-state index contributed by atoms with van der Waals surface area (Å²) in [6.07, 6.45) is 3.52. The Morgan fingerprint density at radius 1 is 1.21 bits per heavy atom. The molecule has 1 aromatic rings. The summed E-state index contributed by atoms with van der Waals surface area (Å²) in [4.78, 5) is 0. The first-order valence-corrected chi connectivity index (χ1v) is 6.88. The van der Waals surface area contributed by atoms with Gasteiger partial charge in [-0.05, 0) is 30.9 Å². The number of nitrogens with two attached hydrogens (primary N) is 1. The van der Waals surface area contributed by atoms with Gasteiger partial charge in [0.1, 0.15) is 5.75 Å². The molecule has 1 aliphatic rings. The number of aliphatic hydroxyl groups is 1. The van der Waals surface area contributed by atoms with Crippen molar-refractivity contribution in [2.45, 2.75) is 37.8 Å². The Bertz CT molecular complexity index is 436. The first kappa shape index (κ1) is 16.9. The predicted molar refractivity (Wildman–Crippen MR) is 80.3 cm³/mol. The molecule has 0 radical (unpaired) electrons. The van der Waals surface area contributed by atoms with Crippen molar-refractivity contribution < 1.29 is 10.2 Å². The van der Waals surface area contributed by atoms with E-state index in [1.54, 1.807) is 6.07 Å². The van der Waals surface area contributed by atoms with Gasteiger partial charge in [0.15, 0.2) is 0 Å². The minimum atomic E-state index is -0.673. The Kier molecular flexibility index (Phi) is 6.21. The van der Waals surface area contributed by atoms with Crippen LogP contribution in [0.1, 0.15) is 37.3 Å². The molecule has 0 spiro atoms. The number of hydrogen-bond acceptors (Lipinski definition) is 3. The van der Waals surface area contributed by atoms with E-state index in [1.807, 2.05) is 0 Å². The van der Waals surface area contributed by atoms with Crippen LogP contribution in [-0.4, -0.2) is 16.3 Å². The maximum absolute atomic E-state index is 10.3. The van der Waals surface area contributed by atoms with Gasteiger partial charge >= 0.3 is 0 Å². The minimum Gasteiger partial charge on any atom is -0.506 e. The van der Waals surface area contributed by atoms with Crippen molar-refractivity contribution in [3.8, 4) is 5.75 Å². The lowest BCUT2D eigenvalue weighted by atomic mass is 9.90. The van der Waals surface area contributed by atoms with E-state index < -0.39 is 12.1 Å². The van der Waals surface area contributed by atoms with Crippen molar-refractivity contribution in [3.05, 3.63) is 27.7 Å². The van der Waals surface area contributed by atoms with Crippen LogP contribution >= 0.6 is 35.6 Å². The van der Waals surface area contributed by atoms with Crippen LogP contribution in [0.4, 0.5) is 0 Å². The van der Waals surface area contributed by atoms with E-state index in [4.69, 9.17) is 28.9 Å². The Hall–Kier alpha value is -0.190. The van der Waals surface area contributed by atoms with Crippen molar-refractivity contribution in [1.82, 2.24) is 0 Å². The van der Waals surface area contributed by atoms with E-state index in [-0.39, 0.29) is 29.1 Å². The Balaban J connectivity index is 0.00000180. The van der Waals surface area contributed by atoms with E-state index in [9.17, 15) is 10.2 Å². The molecule has 19 heavy (non-hydrogen) atoms. The lowest BCUT2D eigenvalue weighted by molar-refractivity contribution is 0.0836. The van der Waals surface area contributed by atoms with Gasteiger partial charge in [-0.15, -0.1) is 12.4 Å². The zero-order chi connectivity index (χ0) is 13.3. The summed E-state index contributed by atoms with van der Waals surface area (Å²) < 4.78 is 0. The molecule has 0 bridgehead atoms. The van der Waals surface area contributed by atoms with Crippen molar-refractivity contribution in [1.29, 1.82) is 0 Å². The first-order valence-electron chi connectivity index (χ1n) is 6.12. The van der Waals surface area contributed by atoms with Gasteiger partial charge in [0.05, 0.1) is 17.2 Å². The first-order chi connectivity index (χ1) is 8.50. The highest BCUT2D eigenvalue weighted by atomic mass is 35.5. The number of phenols is 1. The summed E-state index contributed by atoms with van der Waals surface area (Å²) in [7, 11) is 0. The van der Waals surface area contributed by atoms with E-state index in [0.29, 0.717) is 10.6 Å². The average Bonchev–Trinajstić information content (AvgIpc) is 2.85. The van der Waals surface area contributed by atoms with Crippen molar-refractivity contribution in [3.63, 3.8) is 0 Å². The quantitative estimate of drug-likeness (QED) is 0.794. The summed E-state index contributed by atoms with van der Waals surface area (Å²) >= 11 is 11.8. The third-order valence-electron chi connectivity index (χ3n) is 3.67. The summed E-state index contributed by atoms with van der Waals surface area (Å²) in [6, 6.07) is 2.35. The molecular formula is C13H18Cl3NO2. The summed E-state index contributed by atoms with van der Waals surface area (Å²) in [6.45, 7) is 0. The SMILES string of the molecule is Cl.N[C@@H](c1cc(Cl)cc(Cl)c1O)[C@H](O)C1CCCC1. The highest BCUT2D eigenvalue weighted by Crippen LogP contribution is 2.38. The van der Waals surface area contributed by atoms with Gasteiger partial charge < -0.3 is 15.9 Å². The molecule has 0 aromatic heterocycles. The molecule has 1 fully saturated rings. The van der Waals surface area contributed by atoms with Gasteiger partial charge in [0.2, 0.25) is 0 Å². The molecule has 0 saturated heterocycles. The van der Waals surface area contributed by atoms with Crippen molar-refractivity contribution in [2.24, 2.45) is 11.7 Å². The molecule has 0 unspecified atom stereocenters. The van der Waals surface area contributed by atoms with Crippen LogP contribution in [0.2, 0.25) is 10.0 Å². The normalized spacial score (nSPS) is 18.9. The van der Waals surface area contributed by atoms with Crippen molar-refractivity contribution in [2.75, 3.05) is 0 Å². The molecule has 1 saturated carbocycles. The second kappa shape index (κ2) is 7.00. The van der Waals surface area contributed by atoms with Gasteiger partial charge in [-0.1, -0.05) is 36.0 Å². The minimum absolute atomic E-state index is 0. The van der Waals surface area contributed by atoms with Crippen LogP contribution in [0, 0.1) is 5.92 Å². The van der Waals surface area contributed by atoms with Crippen LogP contribution in [-0.2, 0) is 0 Å².